The molecule has 0 amide bonds. The van der Waals surface area contributed by atoms with Crippen LogP contribution in [0.5, 0.6) is 5.75 Å². The van der Waals surface area contributed by atoms with E-state index in [4.69, 9.17) is 4.74 Å². The minimum Gasteiger partial charge on any atom is -0.491 e. The number of halogens is 1. The van der Waals surface area contributed by atoms with Crippen molar-refractivity contribution in [3.8, 4) is 5.75 Å². The van der Waals surface area contributed by atoms with Crippen LogP contribution in [0.2, 0.25) is 0 Å². The number of benzene rings is 2. The summed E-state index contributed by atoms with van der Waals surface area (Å²) >= 11 is 0. The fourth-order valence-corrected chi connectivity index (χ4v) is 2.26. The van der Waals surface area contributed by atoms with Gasteiger partial charge in [-0.3, -0.25) is 4.79 Å². The summed E-state index contributed by atoms with van der Waals surface area (Å²) < 4.78 is 18.3. The van der Waals surface area contributed by atoms with Crippen LogP contribution in [0.3, 0.4) is 0 Å². The average Bonchev–Trinajstić information content (AvgIpc) is 2.61. The fraction of sp³-hybridized carbons (Fsp3) is 0.316. The maximum atomic E-state index is 12.8. The Labute approximate surface area is 141 Å². The Morgan fingerprint density at radius 2 is 1.83 bits per heavy atom. The van der Waals surface area contributed by atoms with Crippen LogP contribution in [0.1, 0.15) is 29.3 Å². The monoisotopic (exact) mass is 332 g/mol. The predicted molar refractivity (Wildman–Crippen MR) is 89.5 cm³/mol. The molecule has 0 fully saturated rings. The molecule has 0 aliphatic carbocycles. The molecule has 0 saturated heterocycles. The molecule has 0 aliphatic heterocycles. The van der Waals surface area contributed by atoms with Crippen LogP contribution in [0.15, 0.2) is 48.5 Å². The van der Waals surface area contributed by atoms with Crippen LogP contribution in [0, 0.1) is 5.82 Å². The second-order valence-corrected chi connectivity index (χ2v) is 5.62. The first-order chi connectivity index (χ1) is 11.6. The lowest BCUT2D eigenvalue weighted by Crippen LogP contribution is -2.85. The summed E-state index contributed by atoms with van der Waals surface area (Å²) in [6.45, 7) is 3.17. The normalized spacial score (nSPS) is 12.0. The van der Waals surface area contributed by atoms with Crippen LogP contribution in [-0.2, 0) is 6.54 Å². The SMILES string of the molecule is CCC(=O)c1ccc(OC[C@H](O)C[NH2+]Cc2ccc(F)cc2)cc1. The van der Waals surface area contributed by atoms with Gasteiger partial charge in [-0.25, -0.2) is 4.39 Å². The summed E-state index contributed by atoms with van der Waals surface area (Å²) in [4.78, 5) is 11.5. The van der Waals surface area contributed by atoms with Crippen molar-refractivity contribution in [3.05, 3.63) is 65.5 Å². The zero-order valence-corrected chi connectivity index (χ0v) is 13.7. The Balaban J connectivity index is 1.69. The number of hydrogen-bond acceptors (Lipinski definition) is 3. The molecular formula is C19H23FNO3+. The van der Waals surface area contributed by atoms with Gasteiger partial charge in [-0.2, -0.15) is 0 Å². The Bertz CT molecular complexity index is 641. The molecule has 2 aromatic rings. The fourth-order valence-electron chi connectivity index (χ4n) is 2.26. The number of rotatable bonds is 9. The average molecular weight is 332 g/mol. The number of nitrogens with two attached hydrogens (primary N) is 1. The van der Waals surface area contributed by atoms with Crippen molar-refractivity contribution in [2.45, 2.75) is 26.0 Å². The van der Waals surface area contributed by atoms with Crippen LogP contribution in [0.4, 0.5) is 4.39 Å². The third-order valence-corrected chi connectivity index (χ3v) is 3.67. The van der Waals surface area contributed by atoms with Gasteiger partial charge in [0.05, 0.1) is 0 Å². The second-order valence-electron chi connectivity index (χ2n) is 5.62. The minimum absolute atomic E-state index is 0.0944. The van der Waals surface area contributed by atoms with E-state index in [1.54, 1.807) is 36.4 Å². The maximum absolute atomic E-state index is 12.8. The molecular weight excluding hydrogens is 309 g/mol. The molecule has 2 rings (SSSR count). The molecule has 0 aromatic heterocycles. The summed E-state index contributed by atoms with van der Waals surface area (Å²) in [6.07, 6.45) is -0.134. The second kappa shape index (κ2) is 9.15. The lowest BCUT2D eigenvalue weighted by atomic mass is 10.1. The van der Waals surface area contributed by atoms with E-state index in [0.717, 1.165) is 5.56 Å². The van der Waals surface area contributed by atoms with Gasteiger partial charge in [-0.05, 0) is 36.4 Å². The molecule has 0 radical (unpaired) electrons. The molecule has 5 heteroatoms. The van der Waals surface area contributed by atoms with Crippen molar-refractivity contribution in [1.82, 2.24) is 0 Å². The summed E-state index contributed by atoms with van der Waals surface area (Å²) in [5.41, 5.74) is 1.67. The van der Waals surface area contributed by atoms with Gasteiger partial charge in [-0.15, -0.1) is 0 Å². The van der Waals surface area contributed by atoms with Crippen molar-refractivity contribution in [3.63, 3.8) is 0 Å². The number of aliphatic hydroxyl groups excluding tert-OH is 1. The topological polar surface area (TPSA) is 63.1 Å². The van der Waals surface area contributed by atoms with Gasteiger partial charge in [-0.1, -0.05) is 19.1 Å². The lowest BCUT2D eigenvalue weighted by Gasteiger charge is -2.12. The van der Waals surface area contributed by atoms with Gasteiger partial charge < -0.3 is 15.2 Å². The molecule has 2 aromatic carbocycles. The molecule has 0 spiro atoms. The van der Waals surface area contributed by atoms with Crippen LogP contribution in [0.25, 0.3) is 0 Å². The minimum atomic E-state index is -0.609. The third kappa shape index (κ3) is 5.76. The van der Waals surface area contributed by atoms with Gasteiger partial charge in [0.2, 0.25) is 0 Å². The third-order valence-electron chi connectivity index (χ3n) is 3.67. The lowest BCUT2D eigenvalue weighted by molar-refractivity contribution is -0.676. The van der Waals surface area contributed by atoms with E-state index < -0.39 is 6.10 Å². The first-order valence-electron chi connectivity index (χ1n) is 8.08. The number of aliphatic hydroxyl groups is 1. The largest absolute Gasteiger partial charge is 0.491 e. The van der Waals surface area contributed by atoms with E-state index in [1.807, 2.05) is 12.2 Å². The van der Waals surface area contributed by atoms with Gasteiger partial charge >= 0.3 is 0 Å². The summed E-state index contributed by atoms with van der Waals surface area (Å²) in [7, 11) is 0. The highest BCUT2D eigenvalue weighted by Gasteiger charge is 2.09. The molecule has 0 heterocycles. The van der Waals surface area contributed by atoms with Crippen molar-refractivity contribution in [2.75, 3.05) is 13.2 Å². The van der Waals surface area contributed by atoms with Crippen molar-refractivity contribution in [1.29, 1.82) is 0 Å². The van der Waals surface area contributed by atoms with E-state index in [0.29, 0.717) is 30.8 Å². The molecule has 3 N–H and O–H groups in total. The van der Waals surface area contributed by atoms with Gasteiger partial charge in [0.25, 0.3) is 0 Å². The number of quaternary nitrogens is 1. The Hall–Kier alpha value is -2.24. The molecule has 0 aliphatic rings. The Kier molecular flexibility index (Phi) is 6.90. The number of Topliss-reactive ketones (excluding diaryl/α,β-unsaturated/α-hetero) is 1. The summed E-state index contributed by atoms with van der Waals surface area (Å²) in [5, 5.41) is 11.9. The first-order valence-corrected chi connectivity index (χ1v) is 8.08. The highest BCUT2D eigenvalue weighted by molar-refractivity contribution is 5.95. The van der Waals surface area contributed by atoms with E-state index in [1.165, 1.54) is 12.1 Å². The first kappa shape index (κ1) is 18.1. The van der Waals surface area contributed by atoms with E-state index in [9.17, 15) is 14.3 Å². The molecule has 1 atom stereocenters. The summed E-state index contributed by atoms with van der Waals surface area (Å²) in [5.74, 6) is 0.469. The van der Waals surface area contributed by atoms with Crippen LogP contribution >= 0.6 is 0 Å². The number of ketones is 1. The smallest absolute Gasteiger partial charge is 0.162 e. The molecule has 0 bridgehead atoms. The van der Waals surface area contributed by atoms with Crippen LogP contribution in [-0.4, -0.2) is 30.1 Å². The Morgan fingerprint density at radius 1 is 1.17 bits per heavy atom. The summed E-state index contributed by atoms with van der Waals surface area (Å²) in [6, 6.07) is 13.2. The molecule has 0 saturated carbocycles. The quantitative estimate of drug-likeness (QED) is 0.690. The van der Waals surface area contributed by atoms with Gasteiger partial charge in [0, 0.05) is 17.5 Å². The number of carbonyl (C=O) groups excluding carboxylic acids is 1. The van der Waals surface area contributed by atoms with Crippen molar-refractivity contribution in [2.24, 2.45) is 0 Å². The maximum Gasteiger partial charge on any atom is 0.162 e. The molecule has 128 valence electrons. The standard InChI is InChI=1S/C19H22FNO3/c1-2-19(23)15-5-9-18(10-6-15)24-13-17(22)12-21-11-14-3-7-16(20)8-4-14/h3-10,17,21-22H,2,11-13H2,1H3/p+1/t17-/m1/s1. The predicted octanol–water partition coefficient (Wildman–Crippen LogP) is 1.92. The zero-order chi connectivity index (χ0) is 17.4. The van der Waals surface area contributed by atoms with E-state index in [2.05, 4.69) is 0 Å². The van der Waals surface area contributed by atoms with Crippen LogP contribution < -0.4 is 10.1 Å². The molecule has 0 unspecified atom stereocenters. The van der Waals surface area contributed by atoms with Crippen molar-refractivity contribution < 1.29 is 24.3 Å². The van der Waals surface area contributed by atoms with E-state index in [-0.39, 0.29) is 18.2 Å². The zero-order valence-electron chi connectivity index (χ0n) is 13.7. The van der Waals surface area contributed by atoms with Crippen molar-refractivity contribution >= 4 is 5.78 Å². The highest BCUT2D eigenvalue weighted by atomic mass is 19.1. The highest BCUT2D eigenvalue weighted by Crippen LogP contribution is 2.13. The number of hydrogen-bond donors (Lipinski definition) is 2. The molecule has 24 heavy (non-hydrogen) atoms. The number of ether oxygens (including phenoxy) is 1. The van der Waals surface area contributed by atoms with Gasteiger partial charge in [0.15, 0.2) is 5.78 Å². The van der Waals surface area contributed by atoms with E-state index >= 15 is 0 Å². The van der Waals surface area contributed by atoms with Gasteiger partial charge in [0.1, 0.15) is 37.4 Å². The Morgan fingerprint density at radius 3 is 2.46 bits per heavy atom. The molecule has 4 nitrogen and oxygen atoms in total. The number of carbonyl (C=O) groups is 1.